The zero-order valence-electron chi connectivity index (χ0n) is 14.1. The Morgan fingerprint density at radius 1 is 1.13 bits per heavy atom. The second-order valence-electron chi connectivity index (χ2n) is 7.27. The Kier molecular flexibility index (Phi) is 4.64. The first-order valence-electron chi connectivity index (χ1n) is 9.21. The van der Waals surface area contributed by atoms with Crippen molar-refractivity contribution in [1.82, 2.24) is 19.9 Å². The molecular formula is C17H28N4O2. The van der Waals surface area contributed by atoms with Crippen LogP contribution in [0.4, 0.5) is 0 Å². The molecule has 1 saturated carbocycles. The van der Waals surface area contributed by atoms with E-state index < -0.39 is 0 Å². The highest BCUT2D eigenvalue weighted by Gasteiger charge is 2.31. The van der Waals surface area contributed by atoms with E-state index >= 15 is 0 Å². The Morgan fingerprint density at radius 2 is 1.96 bits per heavy atom. The average Bonchev–Trinajstić information content (AvgIpc) is 3.33. The molecule has 0 aromatic carbocycles. The standard InChI is InChI=1S/C17H28N4O2/c1-13(17-18-16(19-23-17)14-5-6-14)21-9-7-20(8-10-21)12-15-4-2-3-11-22-15/h13-15H,2-12H2,1H3/t13-,15+/m0/s1. The molecule has 0 bridgehead atoms. The van der Waals surface area contributed by atoms with Gasteiger partial charge in [0, 0.05) is 45.2 Å². The van der Waals surface area contributed by atoms with Crippen LogP contribution in [0.15, 0.2) is 4.52 Å². The lowest BCUT2D eigenvalue weighted by atomic mass is 10.1. The minimum absolute atomic E-state index is 0.225. The summed E-state index contributed by atoms with van der Waals surface area (Å²) in [6.45, 7) is 8.56. The van der Waals surface area contributed by atoms with Gasteiger partial charge in [0.15, 0.2) is 5.82 Å². The highest BCUT2D eigenvalue weighted by molar-refractivity contribution is 5.04. The van der Waals surface area contributed by atoms with Crippen LogP contribution in [0.5, 0.6) is 0 Å². The first kappa shape index (κ1) is 15.5. The number of nitrogens with zero attached hydrogens (tertiary/aromatic N) is 4. The summed E-state index contributed by atoms with van der Waals surface area (Å²) in [6, 6.07) is 0.225. The topological polar surface area (TPSA) is 54.6 Å². The van der Waals surface area contributed by atoms with Crippen LogP contribution in [-0.4, -0.2) is 65.4 Å². The number of ether oxygens (including phenoxy) is 1. The third-order valence-corrected chi connectivity index (χ3v) is 5.45. The zero-order valence-corrected chi connectivity index (χ0v) is 14.1. The molecule has 2 saturated heterocycles. The van der Waals surface area contributed by atoms with E-state index in [2.05, 4.69) is 26.9 Å². The van der Waals surface area contributed by atoms with Crippen molar-refractivity contribution < 1.29 is 9.26 Å². The van der Waals surface area contributed by atoms with Crippen molar-refractivity contribution in [3.8, 4) is 0 Å². The van der Waals surface area contributed by atoms with Gasteiger partial charge >= 0.3 is 0 Å². The summed E-state index contributed by atoms with van der Waals surface area (Å²) in [5, 5.41) is 4.15. The minimum Gasteiger partial charge on any atom is -0.377 e. The quantitative estimate of drug-likeness (QED) is 0.829. The molecular weight excluding hydrogens is 292 g/mol. The lowest BCUT2D eigenvalue weighted by molar-refractivity contribution is -0.0175. The van der Waals surface area contributed by atoms with Gasteiger partial charge in [-0.2, -0.15) is 4.98 Å². The van der Waals surface area contributed by atoms with Gasteiger partial charge in [0.25, 0.3) is 0 Å². The molecule has 1 aromatic heterocycles. The second-order valence-corrected chi connectivity index (χ2v) is 7.27. The summed E-state index contributed by atoms with van der Waals surface area (Å²) in [5.74, 6) is 2.27. The van der Waals surface area contributed by atoms with Gasteiger partial charge in [-0.15, -0.1) is 0 Å². The fourth-order valence-corrected chi connectivity index (χ4v) is 3.65. The normalized spacial score (nSPS) is 28.8. The molecule has 3 heterocycles. The van der Waals surface area contributed by atoms with E-state index in [0.717, 1.165) is 51.0 Å². The maximum atomic E-state index is 5.87. The monoisotopic (exact) mass is 320 g/mol. The van der Waals surface area contributed by atoms with Crippen LogP contribution in [-0.2, 0) is 4.74 Å². The molecule has 6 heteroatoms. The SMILES string of the molecule is C[C@@H](c1nc(C2CC2)no1)N1CCN(C[C@H]2CCCCO2)CC1. The van der Waals surface area contributed by atoms with Crippen molar-refractivity contribution in [2.45, 2.75) is 57.1 Å². The van der Waals surface area contributed by atoms with Gasteiger partial charge in [0.05, 0.1) is 12.1 Å². The number of hydrogen-bond donors (Lipinski definition) is 0. The fourth-order valence-electron chi connectivity index (χ4n) is 3.65. The third kappa shape index (κ3) is 3.75. The van der Waals surface area contributed by atoms with Crippen LogP contribution >= 0.6 is 0 Å². The van der Waals surface area contributed by atoms with Crippen LogP contribution in [0.2, 0.25) is 0 Å². The van der Waals surface area contributed by atoms with Crippen molar-refractivity contribution >= 4 is 0 Å². The second kappa shape index (κ2) is 6.87. The van der Waals surface area contributed by atoms with E-state index in [1.807, 2.05) is 0 Å². The largest absolute Gasteiger partial charge is 0.377 e. The number of hydrogen-bond acceptors (Lipinski definition) is 6. The highest BCUT2D eigenvalue weighted by Crippen LogP contribution is 2.38. The summed E-state index contributed by atoms with van der Waals surface area (Å²) < 4.78 is 11.4. The molecule has 1 aliphatic carbocycles. The summed E-state index contributed by atoms with van der Waals surface area (Å²) >= 11 is 0. The molecule has 0 N–H and O–H groups in total. The average molecular weight is 320 g/mol. The van der Waals surface area contributed by atoms with E-state index in [1.54, 1.807) is 0 Å². The van der Waals surface area contributed by atoms with Gasteiger partial charge in [0.2, 0.25) is 5.89 Å². The van der Waals surface area contributed by atoms with Crippen molar-refractivity contribution in [3.05, 3.63) is 11.7 Å². The first-order chi connectivity index (χ1) is 11.3. The van der Waals surface area contributed by atoms with Crippen LogP contribution in [0.25, 0.3) is 0 Å². The Labute approximate surface area is 138 Å². The molecule has 0 amide bonds. The Balaban J connectivity index is 1.26. The number of aromatic nitrogens is 2. The Bertz CT molecular complexity index is 502. The van der Waals surface area contributed by atoms with Gasteiger partial charge in [0.1, 0.15) is 0 Å². The summed E-state index contributed by atoms with van der Waals surface area (Å²) in [5.41, 5.74) is 0. The smallest absolute Gasteiger partial charge is 0.243 e. The predicted molar refractivity (Wildman–Crippen MR) is 86.3 cm³/mol. The summed E-state index contributed by atoms with van der Waals surface area (Å²) in [6.07, 6.45) is 6.66. The molecule has 3 aliphatic rings. The highest BCUT2D eigenvalue weighted by atomic mass is 16.5. The van der Waals surface area contributed by atoms with E-state index in [-0.39, 0.29) is 6.04 Å². The maximum absolute atomic E-state index is 5.87. The molecule has 4 rings (SSSR count). The number of piperazine rings is 1. The summed E-state index contributed by atoms with van der Waals surface area (Å²) in [4.78, 5) is 9.61. The molecule has 23 heavy (non-hydrogen) atoms. The van der Waals surface area contributed by atoms with Gasteiger partial charge in [-0.1, -0.05) is 5.16 Å². The molecule has 0 radical (unpaired) electrons. The summed E-state index contributed by atoms with van der Waals surface area (Å²) in [7, 11) is 0. The lowest BCUT2D eigenvalue weighted by Crippen LogP contribution is -2.49. The van der Waals surface area contributed by atoms with Crippen LogP contribution in [0, 0.1) is 0 Å². The molecule has 1 aromatic rings. The van der Waals surface area contributed by atoms with Crippen LogP contribution < -0.4 is 0 Å². The predicted octanol–water partition coefficient (Wildman–Crippen LogP) is 2.19. The van der Waals surface area contributed by atoms with Crippen molar-refractivity contribution in [2.24, 2.45) is 0 Å². The number of rotatable bonds is 5. The van der Waals surface area contributed by atoms with Crippen LogP contribution in [0.1, 0.15) is 62.7 Å². The third-order valence-electron chi connectivity index (χ3n) is 5.45. The van der Waals surface area contributed by atoms with E-state index in [9.17, 15) is 0 Å². The van der Waals surface area contributed by atoms with E-state index in [0.29, 0.717) is 12.0 Å². The molecule has 128 valence electrons. The first-order valence-corrected chi connectivity index (χ1v) is 9.21. The van der Waals surface area contributed by atoms with Crippen LogP contribution in [0.3, 0.4) is 0 Å². The molecule has 0 spiro atoms. The van der Waals surface area contributed by atoms with Crippen molar-refractivity contribution in [3.63, 3.8) is 0 Å². The maximum Gasteiger partial charge on any atom is 0.243 e. The molecule has 2 aliphatic heterocycles. The van der Waals surface area contributed by atoms with Gasteiger partial charge in [-0.25, -0.2) is 0 Å². The minimum atomic E-state index is 0.225. The lowest BCUT2D eigenvalue weighted by Gasteiger charge is -2.38. The van der Waals surface area contributed by atoms with Gasteiger partial charge in [-0.05, 0) is 39.0 Å². The Hall–Kier alpha value is -0.980. The van der Waals surface area contributed by atoms with Gasteiger partial charge in [-0.3, -0.25) is 9.80 Å². The molecule has 0 unspecified atom stereocenters. The molecule has 3 fully saturated rings. The zero-order chi connectivity index (χ0) is 15.6. The molecule has 2 atom stereocenters. The van der Waals surface area contributed by atoms with Crippen molar-refractivity contribution in [2.75, 3.05) is 39.3 Å². The fraction of sp³-hybridized carbons (Fsp3) is 0.882. The van der Waals surface area contributed by atoms with E-state index in [1.165, 1.54) is 32.1 Å². The Morgan fingerprint density at radius 3 is 2.65 bits per heavy atom. The molecule has 6 nitrogen and oxygen atoms in total. The van der Waals surface area contributed by atoms with Crippen molar-refractivity contribution in [1.29, 1.82) is 0 Å². The van der Waals surface area contributed by atoms with E-state index in [4.69, 9.17) is 9.26 Å². The van der Waals surface area contributed by atoms with Gasteiger partial charge < -0.3 is 9.26 Å².